The summed E-state index contributed by atoms with van der Waals surface area (Å²) in [5.41, 5.74) is 0. The molecule has 12 nitrogen and oxygen atoms in total. The van der Waals surface area contributed by atoms with Gasteiger partial charge in [0.2, 0.25) is 0 Å². The van der Waals surface area contributed by atoms with Crippen molar-refractivity contribution in [1.29, 1.82) is 0 Å². The molecular weight excluding hydrogens is 684 g/mol. The smallest absolute Gasteiger partial charge is 0.311 e. The van der Waals surface area contributed by atoms with E-state index in [9.17, 15) is 19.2 Å². The highest BCUT2D eigenvalue weighted by molar-refractivity contribution is 5.74. The van der Waals surface area contributed by atoms with Crippen molar-refractivity contribution >= 4 is 23.9 Å². The van der Waals surface area contributed by atoms with Gasteiger partial charge in [-0.25, -0.2) is 0 Å². The molecule has 0 aromatic heterocycles. The predicted molar refractivity (Wildman–Crippen MR) is 194 cm³/mol. The van der Waals surface area contributed by atoms with Crippen LogP contribution in [0.5, 0.6) is 0 Å². The molecule has 0 N–H and O–H groups in total. The Hall–Kier alpha value is -2.28. The molecule has 0 amide bonds. The molecule has 8 bridgehead atoms. The van der Waals surface area contributed by atoms with Gasteiger partial charge in [-0.2, -0.15) is 0 Å². The van der Waals surface area contributed by atoms with E-state index in [-0.39, 0.29) is 97.1 Å². The van der Waals surface area contributed by atoms with Crippen LogP contribution < -0.4 is 0 Å². The van der Waals surface area contributed by atoms with Crippen molar-refractivity contribution in [3.63, 3.8) is 0 Å². The van der Waals surface area contributed by atoms with Crippen molar-refractivity contribution < 1.29 is 57.1 Å². The Balaban J connectivity index is 1.21. The summed E-state index contributed by atoms with van der Waals surface area (Å²) in [7, 11) is 0. The van der Waals surface area contributed by atoms with Crippen LogP contribution in [0.3, 0.4) is 0 Å². The highest BCUT2D eigenvalue weighted by Crippen LogP contribution is 2.35. The zero-order valence-electron chi connectivity index (χ0n) is 33.3. The summed E-state index contributed by atoms with van der Waals surface area (Å²) in [6.45, 7) is 15.0. The Morgan fingerprint density at radius 1 is 0.396 bits per heavy atom. The lowest BCUT2D eigenvalue weighted by Crippen LogP contribution is -2.34. The molecule has 53 heavy (non-hydrogen) atoms. The van der Waals surface area contributed by atoms with Crippen molar-refractivity contribution in [1.82, 2.24) is 0 Å². The van der Waals surface area contributed by atoms with E-state index in [1.807, 2.05) is 55.4 Å². The Kier molecular flexibility index (Phi) is 15.0. The first kappa shape index (κ1) is 41.9. The van der Waals surface area contributed by atoms with Gasteiger partial charge in [-0.15, -0.1) is 0 Å². The van der Waals surface area contributed by atoms with Gasteiger partial charge >= 0.3 is 23.9 Å². The van der Waals surface area contributed by atoms with E-state index in [4.69, 9.17) is 37.9 Å². The van der Waals surface area contributed by atoms with Crippen molar-refractivity contribution in [2.45, 2.75) is 212 Å². The largest absolute Gasteiger partial charge is 0.462 e. The molecule has 0 aromatic carbocycles. The SMILES string of the molecule is CC[C@H]1C[C@@H]2CC[C@H](O2)[C@H](C)C(=O)O[C@H](C)C[C@H]2CC[C@H](O2)[C@H](C)C(=O)O[C@H](C)C[C@H]2CC[C@@H](O2)[C@@H](C)C(=O)O[C@H](C)C[C@@H]2CC[C@H](O2)[C@H](C)C(=O)O1. The fraction of sp³-hybridized carbons (Fsp3) is 0.902. The third-order valence-corrected chi connectivity index (χ3v) is 12.3. The highest BCUT2D eigenvalue weighted by Gasteiger charge is 2.41. The summed E-state index contributed by atoms with van der Waals surface area (Å²) < 4.78 is 48.7. The summed E-state index contributed by atoms with van der Waals surface area (Å²) in [5.74, 6) is -2.91. The fourth-order valence-corrected chi connectivity index (χ4v) is 8.74. The lowest BCUT2D eigenvalue weighted by atomic mass is 10.00. The molecule has 0 spiro atoms. The Bertz CT molecular complexity index is 1240. The normalized spacial score (nSPS) is 44.6. The molecule has 0 unspecified atom stereocenters. The van der Waals surface area contributed by atoms with Crippen LogP contribution in [0.4, 0.5) is 0 Å². The van der Waals surface area contributed by atoms with E-state index in [1.165, 1.54) is 0 Å². The second-order valence-electron chi connectivity index (χ2n) is 16.8. The number of carbonyl (C=O) groups excluding carboxylic acids is 4. The first-order valence-corrected chi connectivity index (χ1v) is 20.6. The minimum Gasteiger partial charge on any atom is -0.462 e. The molecule has 5 rings (SSSR count). The molecular formula is C41H66O12. The zero-order valence-corrected chi connectivity index (χ0v) is 33.3. The quantitative estimate of drug-likeness (QED) is 0.216. The summed E-state index contributed by atoms with van der Waals surface area (Å²) in [5, 5.41) is 0. The molecule has 5 heterocycles. The lowest BCUT2D eigenvalue weighted by Gasteiger charge is -2.26. The summed E-state index contributed by atoms with van der Waals surface area (Å²) in [4.78, 5) is 52.7. The molecule has 0 saturated carbocycles. The van der Waals surface area contributed by atoms with Crippen molar-refractivity contribution in [2.24, 2.45) is 23.7 Å². The summed E-state index contributed by atoms with van der Waals surface area (Å²) in [6, 6.07) is 0. The van der Waals surface area contributed by atoms with Gasteiger partial charge in [0.25, 0.3) is 0 Å². The maximum Gasteiger partial charge on any atom is 0.311 e. The number of hydrogen-bond donors (Lipinski definition) is 0. The molecule has 302 valence electrons. The van der Waals surface area contributed by atoms with Crippen LogP contribution >= 0.6 is 0 Å². The highest BCUT2D eigenvalue weighted by atomic mass is 16.6. The van der Waals surface area contributed by atoms with Crippen LogP contribution in [-0.4, -0.2) is 97.1 Å². The van der Waals surface area contributed by atoms with E-state index in [1.54, 1.807) is 0 Å². The zero-order chi connectivity index (χ0) is 38.4. The molecule has 5 fully saturated rings. The molecule has 5 aliphatic rings. The van der Waals surface area contributed by atoms with Gasteiger partial charge in [0.15, 0.2) is 0 Å². The van der Waals surface area contributed by atoms with Gasteiger partial charge < -0.3 is 37.9 Å². The third kappa shape index (κ3) is 11.4. The Morgan fingerprint density at radius 3 is 0.943 bits per heavy atom. The van der Waals surface area contributed by atoms with Crippen LogP contribution in [-0.2, 0) is 57.1 Å². The molecule has 16 atom stereocenters. The van der Waals surface area contributed by atoms with E-state index in [0.29, 0.717) is 32.1 Å². The molecule has 0 radical (unpaired) electrons. The fourth-order valence-electron chi connectivity index (χ4n) is 8.74. The van der Waals surface area contributed by atoms with Crippen molar-refractivity contribution in [2.75, 3.05) is 0 Å². The first-order valence-electron chi connectivity index (χ1n) is 20.6. The lowest BCUT2D eigenvalue weighted by molar-refractivity contribution is -0.161. The minimum atomic E-state index is -0.435. The van der Waals surface area contributed by atoms with Crippen LogP contribution in [0, 0.1) is 23.7 Å². The number of ether oxygens (including phenoxy) is 8. The van der Waals surface area contributed by atoms with Crippen LogP contribution in [0.15, 0.2) is 0 Å². The number of esters is 4. The monoisotopic (exact) mass is 750 g/mol. The van der Waals surface area contributed by atoms with E-state index in [0.717, 1.165) is 51.4 Å². The molecule has 12 heteroatoms. The van der Waals surface area contributed by atoms with Crippen LogP contribution in [0.1, 0.15) is 139 Å². The number of fused-ring (bicyclic) bond motifs is 8. The van der Waals surface area contributed by atoms with Crippen molar-refractivity contribution in [3.8, 4) is 0 Å². The van der Waals surface area contributed by atoms with E-state index >= 15 is 0 Å². The van der Waals surface area contributed by atoms with Gasteiger partial charge in [0.1, 0.15) is 24.4 Å². The Labute approximate surface area is 316 Å². The molecule has 5 saturated heterocycles. The second kappa shape index (κ2) is 19.0. The summed E-state index contributed by atoms with van der Waals surface area (Å²) in [6.07, 6.45) is 5.97. The number of rotatable bonds is 1. The number of carbonyl (C=O) groups is 4. The maximum atomic E-state index is 13.3. The summed E-state index contributed by atoms with van der Waals surface area (Å²) >= 11 is 0. The minimum absolute atomic E-state index is 0.115. The van der Waals surface area contributed by atoms with Gasteiger partial charge in [-0.1, -0.05) is 6.92 Å². The molecule has 0 aromatic rings. The first-order chi connectivity index (χ1) is 25.2. The molecule has 5 aliphatic heterocycles. The van der Waals surface area contributed by atoms with Crippen molar-refractivity contribution in [3.05, 3.63) is 0 Å². The van der Waals surface area contributed by atoms with Crippen LogP contribution in [0.25, 0.3) is 0 Å². The standard InChI is InChI=1S/C41H66O12/c1-9-29-21-33-13-17-36(52-33)27(7)40(44)48-23(3)19-31-11-15-34(50-31)25(5)38(42)46-22(2)18-30-10-14-35(49-30)26(6)39(43)47-24(4)20-32-12-16-37(51-32)28(8)41(45)53-29/h22-37H,9-21H2,1-8H3/t22-,23-,24-,25+,26-,27+,28+,29+,30-,31-,32+,33+,34+,35-,36+,37+/m1/s1. The Morgan fingerprint density at radius 2 is 0.660 bits per heavy atom. The van der Waals surface area contributed by atoms with E-state index < -0.39 is 23.7 Å². The van der Waals surface area contributed by atoms with Gasteiger partial charge in [0, 0.05) is 25.7 Å². The number of hydrogen-bond acceptors (Lipinski definition) is 12. The average Bonchev–Trinajstić information content (AvgIpc) is 3.94. The van der Waals surface area contributed by atoms with Gasteiger partial charge in [0.05, 0.1) is 72.5 Å². The average molecular weight is 751 g/mol. The van der Waals surface area contributed by atoms with E-state index in [2.05, 4.69) is 0 Å². The van der Waals surface area contributed by atoms with Crippen LogP contribution in [0.2, 0.25) is 0 Å². The number of cyclic esters (lactones) is 4. The third-order valence-electron chi connectivity index (χ3n) is 12.3. The topological polar surface area (TPSA) is 142 Å². The predicted octanol–water partition coefficient (Wildman–Crippen LogP) is 6.41. The van der Waals surface area contributed by atoms with Gasteiger partial charge in [-0.3, -0.25) is 19.2 Å². The second-order valence-corrected chi connectivity index (χ2v) is 16.8. The van der Waals surface area contributed by atoms with Gasteiger partial charge in [-0.05, 0) is 106 Å². The molecule has 0 aliphatic carbocycles. The maximum absolute atomic E-state index is 13.3.